The number of nitrogens with one attached hydrogen (secondary N) is 2. The lowest BCUT2D eigenvalue weighted by Gasteiger charge is -2.05. The van der Waals surface area contributed by atoms with Crippen LogP contribution in [0.25, 0.3) is 0 Å². The van der Waals surface area contributed by atoms with Gasteiger partial charge < -0.3 is 10.1 Å². The Labute approximate surface area is 115 Å². The Morgan fingerprint density at radius 3 is 2.84 bits per heavy atom. The molecule has 0 aliphatic rings. The number of rotatable bonds is 9. The van der Waals surface area contributed by atoms with Crippen LogP contribution in [0, 0.1) is 0 Å². The molecule has 1 aromatic heterocycles. The number of thiophene rings is 1. The monoisotopic (exact) mass is 314 g/mol. The van der Waals surface area contributed by atoms with Gasteiger partial charge in [-0.3, -0.25) is 0 Å². The number of sulfonamides is 1. The van der Waals surface area contributed by atoms with Gasteiger partial charge in [-0.2, -0.15) is 0 Å². The second kappa shape index (κ2) is 7.85. The first kappa shape index (κ1) is 16.4. The molecule has 0 aliphatic heterocycles. The number of alkyl halides is 2. The largest absolute Gasteiger partial charge is 0.374 e. The van der Waals surface area contributed by atoms with E-state index in [-0.39, 0.29) is 17.4 Å². The van der Waals surface area contributed by atoms with Gasteiger partial charge in [-0.15, -0.1) is 11.3 Å². The summed E-state index contributed by atoms with van der Waals surface area (Å²) in [7, 11) is -1.82. The molecule has 0 saturated carbocycles. The molecule has 0 aromatic carbocycles. The maximum atomic E-state index is 11.8. The molecule has 0 fully saturated rings. The van der Waals surface area contributed by atoms with Crippen molar-refractivity contribution in [3.05, 3.63) is 17.0 Å². The molecule has 1 heterocycles. The fraction of sp³-hybridized carbons (Fsp3) is 0.600. The summed E-state index contributed by atoms with van der Waals surface area (Å²) in [5, 5.41) is 4.67. The van der Waals surface area contributed by atoms with Crippen molar-refractivity contribution in [2.75, 3.05) is 26.8 Å². The van der Waals surface area contributed by atoms with Crippen LogP contribution < -0.4 is 10.0 Å². The smallest absolute Gasteiger partial charge is 0.261 e. The summed E-state index contributed by atoms with van der Waals surface area (Å²) in [4.78, 5) is 0. The summed E-state index contributed by atoms with van der Waals surface area (Å²) in [5.74, 6) is 0. The van der Waals surface area contributed by atoms with Gasteiger partial charge in [0.1, 0.15) is 10.8 Å². The van der Waals surface area contributed by atoms with E-state index < -0.39 is 23.1 Å². The van der Waals surface area contributed by atoms with Gasteiger partial charge in [-0.1, -0.05) is 0 Å². The number of ether oxygens (including phenoxy) is 1. The zero-order chi connectivity index (χ0) is 14.3. The minimum absolute atomic E-state index is 0.0334. The molecule has 0 amide bonds. The van der Waals surface area contributed by atoms with Crippen LogP contribution in [0.5, 0.6) is 0 Å². The van der Waals surface area contributed by atoms with Gasteiger partial charge in [0.25, 0.3) is 6.43 Å². The first-order chi connectivity index (χ1) is 8.95. The quantitative estimate of drug-likeness (QED) is 0.668. The van der Waals surface area contributed by atoms with Crippen LogP contribution in [-0.4, -0.2) is 41.6 Å². The van der Waals surface area contributed by atoms with Gasteiger partial charge in [0.15, 0.2) is 0 Å². The van der Waals surface area contributed by atoms with E-state index in [0.717, 1.165) is 16.9 Å². The van der Waals surface area contributed by atoms with Crippen LogP contribution in [0.2, 0.25) is 0 Å². The Bertz CT molecular complexity index is 477. The van der Waals surface area contributed by atoms with Crippen molar-refractivity contribution in [3.8, 4) is 0 Å². The van der Waals surface area contributed by atoms with Crippen LogP contribution in [0.15, 0.2) is 15.7 Å². The van der Waals surface area contributed by atoms with E-state index in [9.17, 15) is 17.2 Å². The zero-order valence-electron chi connectivity index (χ0n) is 10.4. The minimum Gasteiger partial charge on any atom is -0.374 e. The van der Waals surface area contributed by atoms with E-state index in [1.54, 1.807) is 18.5 Å². The topological polar surface area (TPSA) is 67.4 Å². The van der Waals surface area contributed by atoms with Gasteiger partial charge in [0.05, 0.1) is 6.61 Å². The van der Waals surface area contributed by atoms with Crippen molar-refractivity contribution in [1.29, 1.82) is 0 Å². The fourth-order valence-electron chi connectivity index (χ4n) is 1.28. The molecule has 0 saturated heterocycles. The lowest BCUT2D eigenvalue weighted by atomic mass is 10.3. The SMILES string of the molecule is CNCc1csc(S(=O)(=O)NCCOCC(F)F)c1. The normalized spacial score (nSPS) is 12.2. The Hall–Kier alpha value is -0.610. The van der Waals surface area contributed by atoms with Crippen LogP contribution >= 0.6 is 11.3 Å². The Kier molecular flexibility index (Phi) is 6.80. The minimum atomic E-state index is -3.59. The molecule has 0 radical (unpaired) electrons. The number of hydrogen-bond acceptors (Lipinski definition) is 5. The molecule has 5 nitrogen and oxygen atoms in total. The molecule has 0 spiro atoms. The summed E-state index contributed by atoms with van der Waals surface area (Å²) < 4.78 is 54.3. The molecule has 9 heteroatoms. The first-order valence-corrected chi connectivity index (χ1v) is 7.89. The van der Waals surface area contributed by atoms with Gasteiger partial charge in [0, 0.05) is 13.1 Å². The average Bonchev–Trinajstić information content (AvgIpc) is 2.78. The summed E-state index contributed by atoms with van der Waals surface area (Å²) in [6.07, 6.45) is -2.54. The fourth-order valence-corrected chi connectivity index (χ4v) is 3.55. The molecular weight excluding hydrogens is 298 g/mol. The second-order valence-electron chi connectivity index (χ2n) is 3.67. The molecule has 1 rings (SSSR count). The van der Waals surface area contributed by atoms with Crippen LogP contribution in [0.3, 0.4) is 0 Å². The van der Waals surface area contributed by atoms with E-state index in [2.05, 4.69) is 14.8 Å². The lowest BCUT2D eigenvalue weighted by Crippen LogP contribution is -2.27. The van der Waals surface area contributed by atoms with E-state index in [1.807, 2.05) is 0 Å². The highest BCUT2D eigenvalue weighted by Gasteiger charge is 2.16. The molecule has 0 aliphatic carbocycles. The van der Waals surface area contributed by atoms with Gasteiger partial charge in [-0.05, 0) is 24.1 Å². The highest BCUT2D eigenvalue weighted by molar-refractivity contribution is 7.91. The maximum Gasteiger partial charge on any atom is 0.261 e. The van der Waals surface area contributed by atoms with E-state index in [0.29, 0.717) is 6.54 Å². The van der Waals surface area contributed by atoms with E-state index in [1.165, 1.54) is 0 Å². The maximum absolute atomic E-state index is 11.8. The second-order valence-corrected chi connectivity index (χ2v) is 6.57. The molecule has 1 aromatic rings. The molecule has 0 unspecified atom stereocenters. The molecule has 0 bridgehead atoms. The van der Waals surface area contributed by atoms with Crippen LogP contribution in [0.4, 0.5) is 8.78 Å². The number of hydrogen-bond donors (Lipinski definition) is 2. The molecule has 0 atom stereocenters. The van der Waals surface area contributed by atoms with Crippen molar-refractivity contribution >= 4 is 21.4 Å². The van der Waals surface area contributed by atoms with Gasteiger partial charge in [0.2, 0.25) is 10.0 Å². The van der Waals surface area contributed by atoms with Crippen molar-refractivity contribution in [1.82, 2.24) is 10.0 Å². The molecule has 110 valence electrons. The van der Waals surface area contributed by atoms with E-state index >= 15 is 0 Å². The summed E-state index contributed by atoms with van der Waals surface area (Å²) in [5.41, 5.74) is 0.877. The van der Waals surface area contributed by atoms with Crippen LogP contribution in [0.1, 0.15) is 5.56 Å². The van der Waals surface area contributed by atoms with Gasteiger partial charge >= 0.3 is 0 Å². The average molecular weight is 314 g/mol. The Morgan fingerprint density at radius 2 is 2.21 bits per heavy atom. The Morgan fingerprint density at radius 1 is 1.47 bits per heavy atom. The highest BCUT2D eigenvalue weighted by atomic mass is 32.2. The molecule has 2 N–H and O–H groups in total. The third-order valence-electron chi connectivity index (χ3n) is 2.06. The molecule has 19 heavy (non-hydrogen) atoms. The third kappa shape index (κ3) is 5.91. The Balaban J connectivity index is 2.42. The van der Waals surface area contributed by atoms with E-state index in [4.69, 9.17) is 0 Å². The van der Waals surface area contributed by atoms with Gasteiger partial charge in [-0.25, -0.2) is 21.9 Å². The van der Waals surface area contributed by atoms with Crippen molar-refractivity contribution in [3.63, 3.8) is 0 Å². The van der Waals surface area contributed by atoms with Crippen molar-refractivity contribution < 1.29 is 21.9 Å². The third-order valence-corrected chi connectivity index (χ3v) is 5.01. The van der Waals surface area contributed by atoms with Crippen LogP contribution in [-0.2, 0) is 21.3 Å². The first-order valence-electron chi connectivity index (χ1n) is 5.53. The molecular formula is C10H16F2N2O3S2. The van der Waals surface area contributed by atoms with Crippen molar-refractivity contribution in [2.24, 2.45) is 0 Å². The summed E-state index contributed by atoms with van der Waals surface area (Å²) in [6.45, 7) is -0.219. The summed E-state index contributed by atoms with van der Waals surface area (Å²) >= 11 is 1.11. The predicted molar refractivity (Wildman–Crippen MR) is 69.1 cm³/mol. The summed E-state index contributed by atoms with van der Waals surface area (Å²) in [6, 6.07) is 1.57. The van der Waals surface area contributed by atoms with Crippen molar-refractivity contribution in [2.45, 2.75) is 17.2 Å². The standard InChI is InChI=1S/C10H16F2N2O3S2/c1-13-5-8-4-10(18-7-8)19(15,16)14-2-3-17-6-9(11)12/h4,7,9,13-14H,2-3,5-6H2,1H3. The lowest BCUT2D eigenvalue weighted by molar-refractivity contribution is 0.0199. The predicted octanol–water partition coefficient (Wildman–Crippen LogP) is 1.03. The number of halogens is 2. The highest BCUT2D eigenvalue weighted by Crippen LogP contribution is 2.19. The zero-order valence-corrected chi connectivity index (χ0v) is 12.0.